The van der Waals surface area contributed by atoms with E-state index >= 15 is 0 Å². The average molecular weight is 417 g/mol. The third-order valence-electron chi connectivity index (χ3n) is 5.90. The second kappa shape index (κ2) is 7.26. The summed E-state index contributed by atoms with van der Waals surface area (Å²) in [5.74, 6) is 0.255. The lowest BCUT2D eigenvalue weighted by atomic mass is 9.83. The first-order valence-electron chi connectivity index (χ1n) is 10.0. The van der Waals surface area contributed by atoms with Crippen LogP contribution in [0, 0.1) is 11.3 Å². The Hall–Kier alpha value is -3.18. The Labute approximate surface area is 180 Å². The highest BCUT2D eigenvalue weighted by molar-refractivity contribution is 6.30. The lowest BCUT2D eigenvalue weighted by Gasteiger charge is -2.28. The van der Waals surface area contributed by atoms with E-state index in [1.54, 1.807) is 12.4 Å². The number of hydrogen-bond acceptors (Lipinski definition) is 3. The second-order valence-electron chi connectivity index (χ2n) is 7.90. The van der Waals surface area contributed by atoms with E-state index in [0.29, 0.717) is 11.6 Å². The van der Waals surface area contributed by atoms with Crippen LogP contribution in [-0.4, -0.2) is 21.8 Å². The fraction of sp³-hybridized carbons (Fsp3) is 0.208. The zero-order chi connectivity index (χ0) is 20.7. The number of benzene rings is 2. The number of aromatic nitrogens is 1. The van der Waals surface area contributed by atoms with E-state index < -0.39 is 5.54 Å². The van der Waals surface area contributed by atoms with Crippen molar-refractivity contribution >= 4 is 23.5 Å². The molecule has 0 radical (unpaired) electrons. The maximum absolute atomic E-state index is 13.7. The molecule has 1 saturated carbocycles. The van der Waals surface area contributed by atoms with Gasteiger partial charge in [0.2, 0.25) is 0 Å². The van der Waals surface area contributed by atoms with E-state index in [9.17, 15) is 4.79 Å². The number of amides is 1. The SMILES string of the molecule is N=C1NC(c2cccc(-c3cccc(Cl)c3)c2)(C2CC2)C(=O)N1Cc1cccnc1. The first-order chi connectivity index (χ1) is 14.6. The van der Waals surface area contributed by atoms with Gasteiger partial charge in [0.05, 0.1) is 6.54 Å². The molecule has 5 rings (SSSR count). The van der Waals surface area contributed by atoms with E-state index in [-0.39, 0.29) is 17.8 Å². The lowest BCUT2D eigenvalue weighted by molar-refractivity contribution is -0.132. The Morgan fingerprint density at radius 1 is 1.10 bits per heavy atom. The van der Waals surface area contributed by atoms with Crippen LogP contribution in [0.25, 0.3) is 11.1 Å². The number of carbonyl (C=O) groups is 1. The number of nitrogens with one attached hydrogen (secondary N) is 2. The molecule has 2 fully saturated rings. The van der Waals surface area contributed by atoms with Crippen molar-refractivity contribution < 1.29 is 4.79 Å². The van der Waals surface area contributed by atoms with E-state index in [2.05, 4.69) is 16.4 Å². The summed E-state index contributed by atoms with van der Waals surface area (Å²) in [4.78, 5) is 19.4. The van der Waals surface area contributed by atoms with Gasteiger partial charge in [0.25, 0.3) is 5.91 Å². The first-order valence-corrected chi connectivity index (χ1v) is 10.4. The van der Waals surface area contributed by atoms with Crippen molar-refractivity contribution in [3.63, 3.8) is 0 Å². The van der Waals surface area contributed by atoms with Crippen LogP contribution in [0.15, 0.2) is 73.1 Å². The molecule has 150 valence electrons. The summed E-state index contributed by atoms with van der Waals surface area (Å²) in [5, 5.41) is 12.5. The number of rotatable bonds is 5. The highest BCUT2D eigenvalue weighted by Gasteiger charge is 2.59. The molecule has 2 aromatic carbocycles. The fourth-order valence-corrected chi connectivity index (χ4v) is 4.47. The molecule has 2 heterocycles. The predicted molar refractivity (Wildman–Crippen MR) is 117 cm³/mol. The Morgan fingerprint density at radius 2 is 1.87 bits per heavy atom. The molecular weight excluding hydrogens is 396 g/mol. The van der Waals surface area contributed by atoms with E-state index in [4.69, 9.17) is 17.0 Å². The molecule has 1 aliphatic carbocycles. The fourth-order valence-electron chi connectivity index (χ4n) is 4.28. The standard InChI is InChI=1S/C24H21ClN4O/c25-21-8-2-6-18(13-21)17-5-1-7-20(12-17)24(19-9-10-19)22(30)29(23(26)28-24)15-16-4-3-11-27-14-16/h1-8,11-14,19H,9-10,15H2,(H2,26,28). The number of guanidine groups is 1. The van der Waals surface area contributed by atoms with Crippen molar-refractivity contribution in [3.05, 3.63) is 89.2 Å². The van der Waals surface area contributed by atoms with E-state index in [0.717, 1.165) is 35.1 Å². The van der Waals surface area contributed by atoms with Crippen LogP contribution in [0.1, 0.15) is 24.0 Å². The molecule has 3 aromatic rings. The van der Waals surface area contributed by atoms with Crippen LogP contribution in [0.2, 0.25) is 5.02 Å². The van der Waals surface area contributed by atoms with Gasteiger partial charge in [-0.25, -0.2) is 0 Å². The molecule has 1 aliphatic heterocycles. The van der Waals surface area contributed by atoms with Gasteiger partial charge in [-0.3, -0.25) is 20.1 Å². The minimum Gasteiger partial charge on any atom is -0.338 e. The number of hydrogen-bond donors (Lipinski definition) is 2. The zero-order valence-electron chi connectivity index (χ0n) is 16.3. The number of pyridine rings is 1. The molecule has 0 spiro atoms. The summed E-state index contributed by atoms with van der Waals surface area (Å²) >= 11 is 6.18. The largest absolute Gasteiger partial charge is 0.338 e. The second-order valence-corrected chi connectivity index (χ2v) is 8.34. The molecule has 0 bridgehead atoms. The van der Waals surface area contributed by atoms with Crippen molar-refractivity contribution in [1.29, 1.82) is 5.41 Å². The lowest BCUT2D eigenvalue weighted by Crippen LogP contribution is -2.46. The molecule has 1 unspecified atom stereocenters. The molecule has 1 atom stereocenters. The summed E-state index contributed by atoms with van der Waals surface area (Å²) in [7, 11) is 0. The Kier molecular flexibility index (Phi) is 4.55. The molecule has 1 saturated heterocycles. The number of carbonyl (C=O) groups excluding carboxylic acids is 1. The third-order valence-corrected chi connectivity index (χ3v) is 6.13. The van der Waals surface area contributed by atoms with Gasteiger partial charge in [-0.15, -0.1) is 0 Å². The van der Waals surface area contributed by atoms with Gasteiger partial charge in [-0.2, -0.15) is 0 Å². The number of halogens is 1. The maximum Gasteiger partial charge on any atom is 0.260 e. The smallest absolute Gasteiger partial charge is 0.260 e. The van der Waals surface area contributed by atoms with E-state index in [1.807, 2.05) is 54.6 Å². The van der Waals surface area contributed by atoms with Crippen LogP contribution in [-0.2, 0) is 16.9 Å². The molecule has 30 heavy (non-hydrogen) atoms. The molecule has 1 aromatic heterocycles. The minimum atomic E-state index is -0.895. The minimum absolute atomic E-state index is 0.0675. The first kappa shape index (κ1) is 18.8. The number of nitrogens with zero attached hydrogens (tertiary/aromatic N) is 2. The van der Waals surface area contributed by atoms with Crippen molar-refractivity contribution in [3.8, 4) is 11.1 Å². The molecule has 2 N–H and O–H groups in total. The predicted octanol–water partition coefficient (Wildman–Crippen LogP) is 4.57. The highest BCUT2D eigenvalue weighted by Crippen LogP contribution is 2.49. The molecule has 5 nitrogen and oxygen atoms in total. The molecular formula is C24H21ClN4O. The average Bonchev–Trinajstić information content (AvgIpc) is 3.58. The van der Waals surface area contributed by atoms with Crippen LogP contribution < -0.4 is 5.32 Å². The van der Waals surface area contributed by atoms with Crippen molar-refractivity contribution in [2.75, 3.05) is 0 Å². The molecule has 6 heteroatoms. The van der Waals surface area contributed by atoms with Crippen LogP contribution in [0.4, 0.5) is 0 Å². The van der Waals surface area contributed by atoms with Gasteiger partial charge < -0.3 is 5.32 Å². The maximum atomic E-state index is 13.7. The monoisotopic (exact) mass is 416 g/mol. The topological polar surface area (TPSA) is 69.1 Å². The third kappa shape index (κ3) is 3.15. The van der Waals surface area contributed by atoms with Gasteiger partial charge in [0, 0.05) is 17.4 Å². The summed E-state index contributed by atoms with van der Waals surface area (Å²) in [6.45, 7) is 0.334. The summed E-state index contributed by atoms with van der Waals surface area (Å²) in [5.41, 5.74) is 2.90. The molecule has 1 amide bonds. The summed E-state index contributed by atoms with van der Waals surface area (Å²) in [6.07, 6.45) is 5.37. The van der Waals surface area contributed by atoms with Crippen LogP contribution >= 0.6 is 11.6 Å². The van der Waals surface area contributed by atoms with Crippen molar-refractivity contribution in [2.45, 2.75) is 24.9 Å². The Balaban J connectivity index is 1.54. The normalized spacial score (nSPS) is 21.0. The van der Waals surface area contributed by atoms with E-state index in [1.165, 1.54) is 4.90 Å². The van der Waals surface area contributed by atoms with Crippen LogP contribution in [0.5, 0.6) is 0 Å². The van der Waals surface area contributed by atoms with Gasteiger partial charge in [0.1, 0.15) is 5.54 Å². The van der Waals surface area contributed by atoms with Crippen LogP contribution in [0.3, 0.4) is 0 Å². The summed E-state index contributed by atoms with van der Waals surface area (Å²) < 4.78 is 0. The van der Waals surface area contributed by atoms with Gasteiger partial charge in [-0.1, -0.05) is 48.0 Å². The Bertz CT molecular complexity index is 1130. The highest BCUT2D eigenvalue weighted by atomic mass is 35.5. The zero-order valence-corrected chi connectivity index (χ0v) is 17.1. The van der Waals surface area contributed by atoms with Crippen molar-refractivity contribution in [1.82, 2.24) is 15.2 Å². The summed E-state index contributed by atoms with van der Waals surface area (Å²) in [6, 6.07) is 19.5. The van der Waals surface area contributed by atoms with Gasteiger partial charge in [0.15, 0.2) is 5.96 Å². The Morgan fingerprint density at radius 3 is 2.57 bits per heavy atom. The van der Waals surface area contributed by atoms with Gasteiger partial charge in [-0.05, 0) is 65.3 Å². The van der Waals surface area contributed by atoms with Crippen molar-refractivity contribution in [2.24, 2.45) is 5.92 Å². The quantitative estimate of drug-likeness (QED) is 0.639. The van der Waals surface area contributed by atoms with Gasteiger partial charge >= 0.3 is 0 Å². The molecule has 2 aliphatic rings.